The Balaban J connectivity index is -0.000000155. The van der Waals surface area contributed by atoms with Crippen molar-refractivity contribution in [2.45, 2.75) is 0 Å². The number of rotatable bonds is 3. The number of hydrogen-bond donors (Lipinski definition) is 4. The third-order valence-electron chi connectivity index (χ3n) is 0.660. The molecule has 6 nitrogen and oxygen atoms in total. The van der Waals surface area contributed by atoms with Crippen LogP contribution in [0.2, 0.25) is 0 Å². The van der Waals surface area contributed by atoms with Gasteiger partial charge in [-0.3, -0.25) is 4.55 Å². The highest BCUT2D eigenvalue weighted by atomic mass is 32.2. The highest BCUT2D eigenvalue weighted by molar-refractivity contribution is 7.85. The van der Waals surface area contributed by atoms with Gasteiger partial charge in [0.15, 0.2) is 0 Å². The minimum Gasteiger partial charge on any atom is -0.329 e. The van der Waals surface area contributed by atoms with Crippen molar-refractivity contribution < 1.29 is 13.0 Å². The maximum absolute atomic E-state index is 9.71. The minimum atomic E-state index is -3.80. The number of hydrogen-bond acceptors (Lipinski definition) is 5. The van der Waals surface area contributed by atoms with Gasteiger partial charge in [0.25, 0.3) is 10.1 Å². The van der Waals surface area contributed by atoms with E-state index in [4.69, 9.17) is 21.8 Å². The molecule has 0 aromatic heterocycles. The molecule has 0 aliphatic heterocycles. The zero-order valence-corrected chi connectivity index (χ0v) is 9.41. The standard InChI is InChI=1S/C3H7N.C3H5N.C2H7NO3S/c2*1-2-3-4;3-1-2-7(4,5)6/h2H,1,3-4H2;1H,3-4H2;1-3H2,(H,4,5,6). The third kappa shape index (κ3) is 62.1. The molecule has 0 spiro atoms. The lowest BCUT2D eigenvalue weighted by Crippen LogP contribution is -2.13. The van der Waals surface area contributed by atoms with Crippen molar-refractivity contribution in [1.29, 1.82) is 0 Å². The quantitative estimate of drug-likeness (QED) is 0.269. The first-order chi connectivity index (χ1) is 6.89. The Morgan fingerprint density at radius 2 is 1.73 bits per heavy atom. The molecular formula is C8H19N3O3S. The Morgan fingerprint density at radius 1 is 1.40 bits per heavy atom. The lowest BCUT2D eigenvalue weighted by atomic mass is 10.7. The van der Waals surface area contributed by atoms with E-state index in [1.807, 2.05) is 0 Å². The summed E-state index contributed by atoms with van der Waals surface area (Å²) in [5, 5.41) is 0. The van der Waals surface area contributed by atoms with E-state index in [-0.39, 0.29) is 12.3 Å². The third-order valence-corrected chi connectivity index (χ3v) is 1.41. The van der Waals surface area contributed by atoms with E-state index >= 15 is 0 Å². The summed E-state index contributed by atoms with van der Waals surface area (Å²) in [4.78, 5) is 0. The van der Waals surface area contributed by atoms with Crippen LogP contribution >= 0.6 is 0 Å². The smallest absolute Gasteiger partial charge is 0.266 e. The van der Waals surface area contributed by atoms with E-state index in [0.717, 1.165) is 0 Å². The average Bonchev–Trinajstić information content (AvgIpc) is 2.17. The van der Waals surface area contributed by atoms with Crippen LogP contribution in [0.25, 0.3) is 0 Å². The predicted molar refractivity (Wildman–Crippen MR) is 62.6 cm³/mol. The van der Waals surface area contributed by atoms with Crippen LogP contribution in [0.1, 0.15) is 0 Å². The summed E-state index contributed by atoms with van der Waals surface area (Å²) in [7, 11) is -3.80. The van der Waals surface area contributed by atoms with Crippen molar-refractivity contribution >= 4 is 10.1 Å². The molecule has 7 heteroatoms. The van der Waals surface area contributed by atoms with Gasteiger partial charge in [0.1, 0.15) is 0 Å². The second kappa shape index (κ2) is 15.6. The van der Waals surface area contributed by atoms with E-state index < -0.39 is 10.1 Å². The average molecular weight is 237 g/mol. The van der Waals surface area contributed by atoms with Gasteiger partial charge in [-0.1, -0.05) is 12.0 Å². The Labute approximate surface area is 91.3 Å². The topological polar surface area (TPSA) is 132 Å². The fraction of sp³-hybridized carbons (Fsp3) is 0.500. The lowest BCUT2D eigenvalue weighted by Gasteiger charge is -1.86. The van der Waals surface area contributed by atoms with Crippen molar-refractivity contribution in [2.75, 3.05) is 25.4 Å². The maximum Gasteiger partial charge on any atom is 0.266 e. The lowest BCUT2D eigenvalue weighted by molar-refractivity contribution is 0.483. The van der Waals surface area contributed by atoms with Crippen molar-refractivity contribution in [3.8, 4) is 12.3 Å². The molecule has 0 atom stereocenters. The van der Waals surface area contributed by atoms with E-state index in [1.165, 1.54) is 0 Å². The molecule has 0 saturated carbocycles. The minimum absolute atomic E-state index is 0.0289. The summed E-state index contributed by atoms with van der Waals surface area (Å²) in [5.41, 5.74) is 14.5. The van der Waals surface area contributed by atoms with Crippen molar-refractivity contribution in [3.63, 3.8) is 0 Å². The van der Waals surface area contributed by atoms with E-state index in [1.54, 1.807) is 6.08 Å². The summed E-state index contributed by atoms with van der Waals surface area (Å²) in [5.74, 6) is 1.85. The van der Waals surface area contributed by atoms with E-state index in [0.29, 0.717) is 13.1 Å². The molecule has 15 heavy (non-hydrogen) atoms. The van der Waals surface area contributed by atoms with Crippen LogP contribution in [-0.2, 0) is 10.1 Å². The van der Waals surface area contributed by atoms with Gasteiger partial charge in [0, 0.05) is 13.1 Å². The fourth-order valence-electron chi connectivity index (χ4n) is 0.149. The largest absolute Gasteiger partial charge is 0.329 e. The van der Waals surface area contributed by atoms with Gasteiger partial charge < -0.3 is 17.2 Å². The van der Waals surface area contributed by atoms with Gasteiger partial charge in [-0.05, 0) is 0 Å². The number of terminal acetylenes is 1. The molecule has 7 N–H and O–H groups in total. The molecule has 0 rings (SSSR count). The van der Waals surface area contributed by atoms with Crippen molar-refractivity contribution in [3.05, 3.63) is 12.7 Å². The molecule has 90 valence electrons. The zero-order chi connectivity index (χ0) is 12.7. The summed E-state index contributed by atoms with van der Waals surface area (Å²) in [6, 6.07) is 0. The normalized spacial score (nSPS) is 8.47. The molecule has 0 aromatic carbocycles. The molecule has 0 aromatic rings. The molecular weight excluding hydrogens is 218 g/mol. The molecule has 0 fully saturated rings. The maximum atomic E-state index is 9.71. The van der Waals surface area contributed by atoms with Crippen LogP contribution in [0.3, 0.4) is 0 Å². The van der Waals surface area contributed by atoms with Crippen LogP contribution < -0.4 is 17.2 Å². The Hall–Kier alpha value is -0.910. The van der Waals surface area contributed by atoms with Crippen molar-refractivity contribution in [2.24, 2.45) is 17.2 Å². The first kappa shape index (κ1) is 19.6. The Morgan fingerprint density at radius 3 is 1.73 bits per heavy atom. The molecule has 0 bridgehead atoms. The van der Waals surface area contributed by atoms with Crippen LogP contribution in [0.5, 0.6) is 0 Å². The van der Waals surface area contributed by atoms with Gasteiger partial charge in [-0.25, -0.2) is 0 Å². The summed E-state index contributed by atoms with van der Waals surface area (Å²) < 4.78 is 27.3. The molecule has 0 radical (unpaired) electrons. The Kier molecular flexibility index (Phi) is 20.4. The van der Waals surface area contributed by atoms with Crippen LogP contribution in [0.4, 0.5) is 0 Å². The van der Waals surface area contributed by atoms with E-state index in [2.05, 4.69) is 18.9 Å². The molecule has 0 amide bonds. The fourth-order valence-corrected chi connectivity index (χ4v) is 0.447. The van der Waals surface area contributed by atoms with Crippen molar-refractivity contribution in [1.82, 2.24) is 0 Å². The molecule has 0 aliphatic rings. The summed E-state index contributed by atoms with van der Waals surface area (Å²) in [6.45, 7) is 4.26. The van der Waals surface area contributed by atoms with E-state index in [9.17, 15) is 8.42 Å². The SMILES string of the molecule is C#CCN.C=CCN.NCCS(=O)(=O)O. The van der Waals surface area contributed by atoms with Crippen LogP contribution in [0.15, 0.2) is 12.7 Å². The highest BCUT2D eigenvalue weighted by Crippen LogP contribution is 1.74. The Bertz CT molecular complexity index is 257. The first-order valence-corrected chi connectivity index (χ1v) is 5.60. The van der Waals surface area contributed by atoms with Crippen LogP contribution in [0, 0.1) is 12.3 Å². The van der Waals surface area contributed by atoms with Crippen LogP contribution in [-0.4, -0.2) is 38.4 Å². The van der Waals surface area contributed by atoms with Gasteiger partial charge in [0.05, 0.1) is 12.3 Å². The second-order valence-electron chi connectivity index (χ2n) is 2.01. The molecule has 0 aliphatic carbocycles. The molecule has 0 saturated heterocycles. The van der Waals surface area contributed by atoms with Gasteiger partial charge >= 0.3 is 0 Å². The summed E-state index contributed by atoms with van der Waals surface area (Å²) in [6.07, 6.45) is 6.31. The summed E-state index contributed by atoms with van der Waals surface area (Å²) >= 11 is 0. The highest BCUT2D eigenvalue weighted by Gasteiger charge is 1.98. The second-order valence-corrected chi connectivity index (χ2v) is 3.58. The van der Waals surface area contributed by atoms with Gasteiger partial charge in [-0.15, -0.1) is 13.0 Å². The van der Waals surface area contributed by atoms with Gasteiger partial charge in [-0.2, -0.15) is 8.42 Å². The molecule has 0 unspecified atom stereocenters. The monoisotopic (exact) mass is 237 g/mol. The zero-order valence-electron chi connectivity index (χ0n) is 8.59. The molecule has 0 heterocycles. The van der Waals surface area contributed by atoms with Gasteiger partial charge in [0.2, 0.25) is 0 Å². The first-order valence-electron chi connectivity index (χ1n) is 3.99. The number of nitrogens with two attached hydrogens (primary N) is 3. The predicted octanol–water partition coefficient (Wildman–Crippen LogP) is -1.46.